The molecule has 1 amide bonds. The molecule has 1 aliphatic rings. The van der Waals surface area contributed by atoms with Crippen LogP contribution in [-0.4, -0.2) is 38.8 Å². The molecule has 1 aromatic carbocycles. The first-order valence-electron chi connectivity index (χ1n) is 9.34. The Hall–Kier alpha value is -3.24. The molecule has 0 unspecified atom stereocenters. The molecule has 3 heterocycles. The molecule has 0 saturated carbocycles. The number of hydrogen-bond acceptors (Lipinski definition) is 5. The first kappa shape index (κ1) is 20.0. The highest BCUT2D eigenvalue weighted by Crippen LogP contribution is 2.29. The van der Waals surface area contributed by atoms with Crippen LogP contribution in [-0.2, 0) is 11.0 Å². The summed E-state index contributed by atoms with van der Waals surface area (Å²) < 4.78 is 53.3. The van der Waals surface area contributed by atoms with Crippen molar-refractivity contribution in [2.24, 2.45) is 5.92 Å². The van der Waals surface area contributed by atoms with E-state index in [1.807, 2.05) is 4.90 Å². The van der Waals surface area contributed by atoms with Crippen molar-refractivity contribution in [3.63, 3.8) is 0 Å². The van der Waals surface area contributed by atoms with Crippen molar-refractivity contribution in [3.8, 4) is 0 Å². The van der Waals surface area contributed by atoms with Gasteiger partial charge in [0.15, 0.2) is 5.65 Å². The number of nitrogens with zero attached hydrogens (tertiary/aromatic N) is 5. The third-order valence-electron chi connectivity index (χ3n) is 5.15. The van der Waals surface area contributed by atoms with Crippen molar-refractivity contribution >= 4 is 23.1 Å². The molecule has 30 heavy (non-hydrogen) atoms. The fourth-order valence-corrected chi connectivity index (χ4v) is 3.46. The summed E-state index contributed by atoms with van der Waals surface area (Å²) in [5.41, 5.74) is 1.20. The average molecular weight is 422 g/mol. The topological polar surface area (TPSA) is 75.4 Å². The fraction of sp³-hybridized carbons (Fsp3) is 0.368. The Kier molecular flexibility index (Phi) is 5.04. The second kappa shape index (κ2) is 7.54. The van der Waals surface area contributed by atoms with E-state index in [1.165, 1.54) is 18.2 Å². The summed E-state index contributed by atoms with van der Waals surface area (Å²) in [5, 5.41) is 13.5. The van der Waals surface area contributed by atoms with Crippen LogP contribution in [0.5, 0.6) is 0 Å². The van der Waals surface area contributed by atoms with E-state index in [1.54, 1.807) is 19.1 Å². The van der Waals surface area contributed by atoms with Gasteiger partial charge in [0.2, 0.25) is 5.91 Å². The Morgan fingerprint density at radius 2 is 1.87 bits per heavy atom. The number of fused-ring (bicyclic) bond motifs is 1. The largest absolute Gasteiger partial charge is 0.453 e. The number of aryl methyl sites for hydroxylation is 1. The number of aromatic nitrogens is 4. The van der Waals surface area contributed by atoms with Crippen molar-refractivity contribution in [1.82, 2.24) is 19.8 Å². The van der Waals surface area contributed by atoms with Gasteiger partial charge in [-0.25, -0.2) is 4.39 Å². The van der Waals surface area contributed by atoms with Gasteiger partial charge in [0.1, 0.15) is 11.6 Å². The van der Waals surface area contributed by atoms with Crippen molar-refractivity contribution < 1.29 is 22.4 Å². The Morgan fingerprint density at radius 3 is 2.57 bits per heavy atom. The van der Waals surface area contributed by atoms with Gasteiger partial charge in [0, 0.05) is 24.7 Å². The molecule has 1 fully saturated rings. The maximum Gasteiger partial charge on any atom is 0.453 e. The zero-order valence-electron chi connectivity index (χ0n) is 15.9. The second-order valence-corrected chi connectivity index (χ2v) is 7.19. The third kappa shape index (κ3) is 3.91. The molecule has 0 spiro atoms. The minimum absolute atomic E-state index is 0.00537. The highest BCUT2D eigenvalue weighted by molar-refractivity contribution is 5.93. The van der Waals surface area contributed by atoms with Crippen molar-refractivity contribution in [1.29, 1.82) is 0 Å². The number of carbonyl (C=O) groups excluding carboxylic acids is 1. The van der Waals surface area contributed by atoms with Crippen molar-refractivity contribution in [2.75, 3.05) is 23.3 Å². The SMILES string of the molecule is Cc1ccc(F)cc1NC(=O)C1CCN(c2ccc3nnc(C(F)(F)F)n3n2)CC1. The first-order valence-corrected chi connectivity index (χ1v) is 9.34. The number of carbonyl (C=O) groups is 1. The minimum atomic E-state index is -4.66. The Balaban J connectivity index is 1.44. The van der Waals surface area contributed by atoms with Crippen LogP contribution in [0.4, 0.5) is 29.1 Å². The number of hydrogen-bond donors (Lipinski definition) is 1. The lowest BCUT2D eigenvalue weighted by Gasteiger charge is -2.32. The highest BCUT2D eigenvalue weighted by Gasteiger charge is 2.38. The van der Waals surface area contributed by atoms with Gasteiger partial charge in [-0.2, -0.15) is 17.7 Å². The van der Waals surface area contributed by atoms with E-state index in [-0.39, 0.29) is 17.5 Å². The lowest BCUT2D eigenvalue weighted by atomic mass is 9.95. The van der Waals surface area contributed by atoms with Crippen LogP contribution >= 0.6 is 0 Å². The number of halogens is 4. The van der Waals surface area contributed by atoms with Crippen LogP contribution < -0.4 is 10.2 Å². The highest BCUT2D eigenvalue weighted by atomic mass is 19.4. The summed E-state index contributed by atoms with van der Waals surface area (Å²) in [6, 6.07) is 7.21. The van der Waals surface area contributed by atoms with Crippen molar-refractivity contribution in [3.05, 3.63) is 47.5 Å². The normalized spacial score (nSPS) is 15.6. The number of benzene rings is 1. The Bertz CT molecular complexity index is 1090. The standard InChI is InChI=1S/C19H18F4N6O/c1-11-2-3-13(20)10-14(11)24-17(30)12-6-8-28(9-7-12)16-5-4-15-25-26-18(19(21,22)23)29(15)27-16/h2-5,10,12H,6-9H2,1H3,(H,24,30). The maximum absolute atomic E-state index is 13.4. The fourth-order valence-electron chi connectivity index (χ4n) is 3.46. The van der Waals surface area contributed by atoms with Crippen LogP contribution in [0, 0.1) is 18.7 Å². The van der Waals surface area contributed by atoms with E-state index in [0.717, 1.165) is 5.56 Å². The van der Waals surface area contributed by atoms with Crippen LogP contribution in [0.25, 0.3) is 5.65 Å². The van der Waals surface area contributed by atoms with Crippen LogP contribution in [0.3, 0.4) is 0 Å². The number of piperidine rings is 1. The maximum atomic E-state index is 13.4. The minimum Gasteiger partial charge on any atom is -0.355 e. The van der Waals surface area contributed by atoms with Gasteiger partial charge in [-0.15, -0.1) is 15.3 Å². The number of amides is 1. The molecule has 0 atom stereocenters. The van der Waals surface area contributed by atoms with Gasteiger partial charge in [-0.1, -0.05) is 6.07 Å². The smallest absolute Gasteiger partial charge is 0.355 e. The molecule has 1 saturated heterocycles. The Morgan fingerprint density at radius 1 is 1.13 bits per heavy atom. The van der Waals surface area contributed by atoms with Gasteiger partial charge in [0.05, 0.1) is 0 Å². The van der Waals surface area contributed by atoms with E-state index >= 15 is 0 Å². The third-order valence-corrected chi connectivity index (χ3v) is 5.15. The molecule has 3 aromatic rings. The molecular weight excluding hydrogens is 404 g/mol. The van der Waals surface area contributed by atoms with Crippen molar-refractivity contribution in [2.45, 2.75) is 25.9 Å². The van der Waals surface area contributed by atoms with Gasteiger partial charge in [0.25, 0.3) is 5.82 Å². The lowest BCUT2D eigenvalue weighted by molar-refractivity contribution is -0.146. The summed E-state index contributed by atoms with van der Waals surface area (Å²) in [4.78, 5) is 14.4. The lowest BCUT2D eigenvalue weighted by Crippen LogP contribution is -2.38. The van der Waals surface area contributed by atoms with Crippen LogP contribution in [0.1, 0.15) is 24.2 Å². The molecule has 1 aliphatic heterocycles. The van der Waals surface area contributed by atoms with Crippen LogP contribution in [0.2, 0.25) is 0 Å². The molecule has 2 aromatic heterocycles. The summed E-state index contributed by atoms with van der Waals surface area (Å²) in [6.07, 6.45) is -3.67. The number of nitrogens with one attached hydrogen (secondary N) is 1. The molecule has 158 valence electrons. The molecule has 11 heteroatoms. The molecule has 0 aliphatic carbocycles. The molecule has 0 radical (unpaired) electrons. The quantitative estimate of drug-likeness (QED) is 0.655. The van der Waals surface area contributed by atoms with Gasteiger partial charge in [-0.3, -0.25) is 4.79 Å². The van der Waals surface area contributed by atoms with E-state index in [0.29, 0.717) is 42.0 Å². The van der Waals surface area contributed by atoms with Crippen LogP contribution in [0.15, 0.2) is 30.3 Å². The van der Waals surface area contributed by atoms with E-state index in [4.69, 9.17) is 0 Å². The second-order valence-electron chi connectivity index (χ2n) is 7.19. The van der Waals surface area contributed by atoms with E-state index in [2.05, 4.69) is 20.6 Å². The van der Waals surface area contributed by atoms with E-state index < -0.39 is 17.8 Å². The molecule has 7 nitrogen and oxygen atoms in total. The molecule has 0 bridgehead atoms. The summed E-state index contributed by atoms with van der Waals surface area (Å²) in [5.74, 6) is -1.75. The monoisotopic (exact) mass is 422 g/mol. The van der Waals surface area contributed by atoms with Gasteiger partial charge in [-0.05, 0) is 49.6 Å². The predicted octanol–water partition coefficient (Wildman–Crippen LogP) is 3.45. The zero-order valence-corrected chi connectivity index (χ0v) is 15.9. The molecule has 4 rings (SSSR count). The average Bonchev–Trinajstić information content (AvgIpc) is 3.14. The number of anilines is 2. The Labute approximate surface area is 168 Å². The molecule has 1 N–H and O–H groups in total. The number of alkyl halides is 3. The van der Waals surface area contributed by atoms with Gasteiger partial charge >= 0.3 is 6.18 Å². The zero-order chi connectivity index (χ0) is 21.5. The van der Waals surface area contributed by atoms with Gasteiger partial charge < -0.3 is 10.2 Å². The summed E-state index contributed by atoms with van der Waals surface area (Å²) in [6.45, 7) is 2.67. The predicted molar refractivity (Wildman–Crippen MR) is 100 cm³/mol. The first-order chi connectivity index (χ1) is 14.2. The summed E-state index contributed by atoms with van der Waals surface area (Å²) in [7, 11) is 0. The summed E-state index contributed by atoms with van der Waals surface area (Å²) >= 11 is 0. The van der Waals surface area contributed by atoms with E-state index in [9.17, 15) is 22.4 Å². The molecular formula is C19H18F4N6O. The number of rotatable bonds is 3.